The van der Waals surface area contributed by atoms with Gasteiger partial charge in [0.05, 0.1) is 40.2 Å². The molecule has 1 aliphatic rings. The predicted molar refractivity (Wildman–Crippen MR) is 182 cm³/mol. The van der Waals surface area contributed by atoms with E-state index in [-0.39, 0.29) is 28.3 Å². The van der Waals surface area contributed by atoms with Crippen molar-refractivity contribution in [3.8, 4) is 16.9 Å². The number of nitrogens with one attached hydrogen (secondary N) is 3. The summed E-state index contributed by atoms with van der Waals surface area (Å²) in [7, 11) is 0. The minimum atomic E-state index is -2.68. The van der Waals surface area contributed by atoms with Crippen molar-refractivity contribution >= 4 is 41.1 Å². The maximum Gasteiger partial charge on any atom is 0.361 e. The second-order valence-corrected chi connectivity index (χ2v) is 12.1. The molecule has 0 fully saturated rings. The molecule has 1 aliphatic carbocycles. The van der Waals surface area contributed by atoms with Crippen molar-refractivity contribution in [2.45, 2.75) is 31.2 Å². The van der Waals surface area contributed by atoms with Gasteiger partial charge in [-0.15, -0.1) is 0 Å². The van der Waals surface area contributed by atoms with Crippen LogP contribution in [0.2, 0.25) is 10.0 Å². The van der Waals surface area contributed by atoms with Crippen LogP contribution in [0.15, 0.2) is 110 Å². The number of hydrogen-bond donors (Lipinski definition) is 4. The highest BCUT2D eigenvalue weighted by molar-refractivity contribution is 6.40. The summed E-state index contributed by atoms with van der Waals surface area (Å²) in [5.41, 5.74) is 2.08. The number of aliphatic hydroxyl groups is 1. The molecule has 244 valence electrons. The van der Waals surface area contributed by atoms with Gasteiger partial charge in [-0.2, -0.15) is 0 Å². The Kier molecular flexibility index (Phi) is 9.77. The smallest absolute Gasteiger partial charge is 0.361 e. The van der Waals surface area contributed by atoms with Gasteiger partial charge < -0.3 is 30.4 Å². The third kappa shape index (κ3) is 7.36. The van der Waals surface area contributed by atoms with E-state index in [0.717, 1.165) is 28.8 Å². The fourth-order valence-electron chi connectivity index (χ4n) is 5.53. The molecule has 12 heteroatoms. The number of carbonyl (C=O) groups is 3. The molecule has 0 radical (unpaired) electrons. The van der Waals surface area contributed by atoms with Crippen molar-refractivity contribution in [2.24, 2.45) is 0 Å². The van der Waals surface area contributed by atoms with Crippen LogP contribution in [0.3, 0.4) is 0 Å². The van der Waals surface area contributed by atoms with E-state index >= 15 is 0 Å². The first-order chi connectivity index (χ1) is 23.2. The average molecular weight is 685 g/mol. The third-order valence-corrected chi connectivity index (χ3v) is 8.61. The molecule has 4 aromatic carbocycles. The molecule has 0 unspecified atom stereocenters. The second kappa shape index (κ2) is 14.3. The summed E-state index contributed by atoms with van der Waals surface area (Å²) in [6.07, 6.45) is 4.89. The van der Waals surface area contributed by atoms with Gasteiger partial charge in [0.1, 0.15) is 6.61 Å². The van der Waals surface area contributed by atoms with Gasteiger partial charge in [-0.1, -0.05) is 108 Å². The largest absolute Gasteiger partial charge is 0.457 e. The number of fused-ring (bicyclic) bond motifs is 1. The molecule has 1 heterocycles. The minimum absolute atomic E-state index is 0.0458. The Hall–Kier alpha value is -5.16. The van der Waals surface area contributed by atoms with Gasteiger partial charge in [-0.3, -0.25) is 4.79 Å². The lowest BCUT2D eigenvalue weighted by Gasteiger charge is -2.28. The zero-order chi connectivity index (χ0) is 33.7. The molecule has 0 aliphatic heterocycles. The number of ether oxygens (including phenoxy) is 1. The SMILES string of the molecule is O=C(NC[C@@](O)(NC(=O)c1c(Cl)cc(-n2cnc(-c3ccccc3)c2)cc1Cl)C(=O)OCc1ccccc1)N[C@@H]1CCc2ccccc21. The van der Waals surface area contributed by atoms with Gasteiger partial charge in [0, 0.05) is 17.4 Å². The number of carbonyl (C=O) groups excluding carboxylic acids is 3. The Balaban J connectivity index is 1.19. The summed E-state index contributed by atoms with van der Waals surface area (Å²) < 4.78 is 7.07. The number of aryl methyl sites for hydroxylation is 1. The van der Waals surface area contributed by atoms with E-state index < -0.39 is 30.2 Å². The Morgan fingerprint density at radius 2 is 1.60 bits per heavy atom. The van der Waals surface area contributed by atoms with E-state index in [4.69, 9.17) is 27.9 Å². The molecule has 4 N–H and O–H groups in total. The van der Waals surface area contributed by atoms with Gasteiger partial charge >= 0.3 is 12.0 Å². The molecular formula is C36H31Cl2N5O5. The number of rotatable bonds is 10. The van der Waals surface area contributed by atoms with E-state index in [9.17, 15) is 19.5 Å². The topological polar surface area (TPSA) is 135 Å². The van der Waals surface area contributed by atoms with Gasteiger partial charge in [-0.05, 0) is 41.7 Å². The van der Waals surface area contributed by atoms with E-state index in [1.165, 1.54) is 12.1 Å². The molecule has 48 heavy (non-hydrogen) atoms. The molecule has 0 bridgehead atoms. The first kappa shape index (κ1) is 32.8. The number of amides is 3. The summed E-state index contributed by atoms with van der Waals surface area (Å²) in [5, 5.41) is 19.1. The standard InChI is InChI=1S/C36H31Cl2N5O5/c37-28-17-26(43-19-31(40-22-43)25-12-5-2-6-13-25)18-29(38)32(28)33(44)42-36(47,34(45)48-20-23-9-3-1-4-10-23)21-39-35(46)41-30-16-15-24-11-7-8-14-27(24)30/h1-14,17-19,22,30,47H,15-16,20-21H2,(H,42,44)(H2,39,41,46)/t30-,36+/m1/s1. The van der Waals surface area contributed by atoms with Crippen LogP contribution >= 0.6 is 23.2 Å². The lowest BCUT2D eigenvalue weighted by atomic mass is 10.1. The van der Waals surface area contributed by atoms with E-state index in [2.05, 4.69) is 20.9 Å². The Morgan fingerprint density at radius 3 is 2.33 bits per heavy atom. The van der Waals surface area contributed by atoms with Crippen molar-refractivity contribution in [3.05, 3.63) is 142 Å². The molecule has 0 saturated heterocycles. The lowest BCUT2D eigenvalue weighted by molar-refractivity contribution is -0.168. The maximum atomic E-state index is 13.6. The summed E-state index contributed by atoms with van der Waals surface area (Å²) in [6.45, 7) is -0.897. The van der Waals surface area contributed by atoms with E-state index in [1.54, 1.807) is 47.4 Å². The molecule has 2 atom stereocenters. The van der Waals surface area contributed by atoms with Gasteiger partial charge in [0.15, 0.2) is 0 Å². The van der Waals surface area contributed by atoms with Crippen LogP contribution in [0, 0.1) is 0 Å². The van der Waals surface area contributed by atoms with Crippen molar-refractivity contribution in [3.63, 3.8) is 0 Å². The van der Waals surface area contributed by atoms with Crippen molar-refractivity contribution < 1.29 is 24.2 Å². The number of imidazole rings is 1. The van der Waals surface area contributed by atoms with E-state index in [0.29, 0.717) is 17.7 Å². The van der Waals surface area contributed by atoms with Crippen molar-refractivity contribution in [2.75, 3.05) is 6.54 Å². The molecule has 3 amide bonds. The summed E-state index contributed by atoms with van der Waals surface area (Å²) >= 11 is 13.1. The number of nitrogens with zero attached hydrogens (tertiary/aromatic N) is 2. The highest BCUT2D eigenvalue weighted by Crippen LogP contribution is 2.31. The number of hydrogen-bond acceptors (Lipinski definition) is 6. The van der Waals surface area contributed by atoms with Crippen LogP contribution in [-0.2, 0) is 22.6 Å². The quantitative estimate of drug-likeness (QED) is 0.105. The molecule has 5 aromatic rings. The molecule has 10 nitrogen and oxygen atoms in total. The monoisotopic (exact) mass is 683 g/mol. The highest BCUT2D eigenvalue weighted by atomic mass is 35.5. The van der Waals surface area contributed by atoms with Crippen LogP contribution < -0.4 is 16.0 Å². The number of benzene rings is 4. The Morgan fingerprint density at radius 1 is 0.938 bits per heavy atom. The first-order valence-electron chi connectivity index (χ1n) is 15.2. The summed E-state index contributed by atoms with van der Waals surface area (Å²) in [4.78, 5) is 44.3. The normalized spacial score (nSPS) is 14.8. The fourth-order valence-corrected chi connectivity index (χ4v) is 6.18. The molecular weight excluding hydrogens is 653 g/mol. The first-order valence-corrected chi connectivity index (χ1v) is 15.9. The number of esters is 1. The Bertz CT molecular complexity index is 1930. The van der Waals surface area contributed by atoms with Gasteiger partial charge in [-0.25, -0.2) is 14.6 Å². The van der Waals surface area contributed by atoms with Crippen LogP contribution in [-0.4, -0.2) is 44.8 Å². The van der Waals surface area contributed by atoms with Crippen LogP contribution in [0.5, 0.6) is 0 Å². The summed E-state index contributed by atoms with van der Waals surface area (Å²) in [6, 6.07) is 28.3. The maximum absolute atomic E-state index is 13.6. The van der Waals surface area contributed by atoms with Crippen LogP contribution in [0.1, 0.15) is 39.5 Å². The van der Waals surface area contributed by atoms with Crippen LogP contribution in [0.25, 0.3) is 16.9 Å². The molecule has 1 aromatic heterocycles. The minimum Gasteiger partial charge on any atom is -0.457 e. The third-order valence-electron chi connectivity index (χ3n) is 8.02. The van der Waals surface area contributed by atoms with Crippen molar-refractivity contribution in [1.82, 2.24) is 25.5 Å². The van der Waals surface area contributed by atoms with Gasteiger partial charge in [0.2, 0.25) is 0 Å². The fraction of sp³-hybridized carbons (Fsp3) is 0.167. The summed E-state index contributed by atoms with van der Waals surface area (Å²) in [5.74, 6) is -2.15. The zero-order valence-electron chi connectivity index (χ0n) is 25.5. The Labute approximate surface area is 286 Å². The average Bonchev–Trinajstić information content (AvgIpc) is 3.75. The zero-order valence-corrected chi connectivity index (χ0v) is 27.0. The van der Waals surface area contributed by atoms with Crippen LogP contribution in [0.4, 0.5) is 4.79 Å². The predicted octanol–water partition coefficient (Wildman–Crippen LogP) is 5.99. The van der Waals surface area contributed by atoms with Crippen molar-refractivity contribution in [1.29, 1.82) is 0 Å². The lowest BCUT2D eigenvalue weighted by Crippen LogP contribution is -2.62. The number of halogens is 2. The second-order valence-electron chi connectivity index (χ2n) is 11.3. The highest BCUT2D eigenvalue weighted by Gasteiger charge is 2.41. The number of aromatic nitrogens is 2. The van der Waals surface area contributed by atoms with E-state index in [1.807, 2.05) is 54.6 Å². The van der Waals surface area contributed by atoms with Gasteiger partial charge in [0.25, 0.3) is 11.6 Å². The molecule has 0 spiro atoms. The molecule has 6 rings (SSSR count). The molecule has 0 saturated carbocycles. The number of urea groups is 1.